The lowest BCUT2D eigenvalue weighted by molar-refractivity contribution is 0.570. The molecule has 4 aliphatic rings. The predicted octanol–water partition coefficient (Wildman–Crippen LogP) is 17.8. The molecule has 0 N–H and O–H groups in total. The smallest absolute Gasteiger partial charge is 0.297 e. The molecule has 0 unspecified atom stereocenters. The summed E-state index contributed by atoms with van der Waals surface area (Å²) in [6.45, 7) is 34.8. The van der Waals surface area contributed by atoms with Crippen LogP contribution in [0, 0.1) is 0 Å². The van der Waals surface area contributed by atoms with Gasteiger partial charge in [-0.25, -0.2) is 0 Å². The van der Waals surface area contributed by atoms with Gasteiger partial charge in [-0.3, -0.25) is 0 Å². The summed E-state index contributed by atoms with van der Waals surface area (Å²) in [7, 11) is -3.13. The van der Waals surface area contributed by atoms with E-state index in [1.165, 1.54) is 110 Å². The lowest BCUT2D eigenvalue weighted by Crippen LogP contribution is -2.75. The van der Waals surface area contributed by atoms with E-state index in [2.05, 4.69) is 331 Å². The van der Waals surface area contributed by atoms with Gasteiger partial charge in [0.1, 0.15) is 5.58 Å². The highest BCUT2D eigenvalue weighted by Gasteiger charge is 2.57. The zero-order valence-corrected chi connectivity index (χ0v) is 55.0. The van der Waals surface area contributed by atoms with Crippen molar-refractivity contribution in [1.82, 2.24) is 0 Å². The summed E-state index contributed by atoms with van der Waals surface area (Å²) >= 11 is 0. The molecule has 0 atom stereocenters. The van der Waals surface area contributed by atoms with E-state index in [1.54, 1.807) is 0 Å². The fourth-order valence-corrected chi connectivity index (χ4v) is 20.8. The van der Waals surface area contributed by atoms with Crippen LogP contribution in [-0.2, 0) is 27.1 Å². The first-order valence-corrected chi connectivity index (χ1v) is 33.9. The van der Waals surface area contributed by atoms with Gasteiger partial charge < -0.3 is 19.1 Å². The van der Waals surface area contributed by atoms with E-state index < -0.39 is 8.07 Å². The van der Waals surface area contributed by atoms with Crippen molar-refractivity contribution in [2.45, 2.75) is 131 Å². The Hall–Kier alpha value is -8.58. The fraction of sp³-hybridized carbons (Fsp3) is 0.244. The molecular formula is C82H80BN3OSi. The third kappa shape index (κ3) is 8.30. The van der Waals surface area contributed by atoms with Gasteiger partial charge in [-0.05, 0) is 176 Å². The lowest BCUT2D eigenvalue weighted by Gasteiger charge is -2.45. The largest absolute Gasteiger partial charge is 0.468 e. The molecule has 1 spiro atoms. The van der Waals surface area contributed by atoms with E-state index in [0.717, 1.165) is 39.4 Å². The molecule has 4 nitrogen and oxygen atoms in total. The minimum Gasteiger partial charge on any atom is -0.468 e. The van der Waals surface area contributed by atoms with Gasteiger partial charge in [0, 0.05) is 56.4 Å². The van der Waals surface area contributed by atoms with Gasteiger partial charge in [0.25, 0.3) is 6.71 Å². The molecule has 0 radical (unpaired) electrons. The minimum absolute atomic E-state index is 0.0294. The topological polar surface area (TPSA) is 22.9 Å². The Balaban J connectivity index is 1.11. The van der Waals surface area contributed by atoms with Crippen LogP contribution in [0.5, 0.6) is 0 Å². The van der Waals surface area contributed by atoms with Crippen LogP contribution in [0.3, 0.4) is 0 Å². The zero-order valence-electron chi connectivity index (χ0n) is 54.0. The quantitative estimate of drug-likeness (QED) is 0.164. The Bertz CT molecular complexity index is 4600. The molecule has 0 bridgehead atoms. The van der Waals surface area contributed by atoms with Crippen molar-refractivity contribution < 1.29 is 4.42 Å². The molecular weight excluding hydrogens is 1080 g/mol. The maximum absolute atomic E-state index is 7.70. The van der Waals surface area contributed by atoms with E-state index in [-0.39, 0.29) is 33.8 Å². The molecule has 1 aromatic heterocycles. The van der Waals surface area contributed by atoms with Crippen LogP contribution < -0.4 is 52.0 Å². The van der Waals surface area contributed by atoms with Crippen LogP contribution in [0.25, 0.3) is 33.2 Å². The number of anilines is 9. The molecule has 15 rings (SSSR count). The Morgan fingerprint density at radius 2 is 0.830 bits per heavy atom. The fourth-order valence-electron chi connectivity index (χ4n) is 15.3. The van der Waals surface area contributed by atoms with Crippen molar-refractivity contribution in [2.75, 3.05) is 14.7 Å². The van der Waals surface area contributed by atoms with Crippen molar-refractivity contribution in [3.8, 4) is 22.3 Å². The molecule has 0 amide bonds. The summed E-state index contributed by atoms with van der Waals surface area (Å²) in [5.74, 6) is 0. The molecule has 4 aliphatic heterocycles. The second kappa shape index (κ2) is 19.2. The zero-order chi connectivity index (χ0) is 61.4. The van der Waals surface area contributed by atoms with Gasteiger partial charge in [-0.1, -0.05) is 243 Å². The van der Waals surface area contributed by atoms with E-state index in [0.29, 0.717) is 0 Å². The van der Waals surface area contributed by atoms with Crippen LogP contribution in [-0.4, -0.2) is 14.8 Å². The first-order chi connectivity index (χ1) is 41.8. The predicted molar refractivity (Wildman–Crippen MR) is 380 cm³/mol. The second-order valence-corrected chi connectivity index (χ2v) is 34.2. The number of furan rings is 1. The van der Waals surface area contributed by atoms with E-state index in [1.807, 2.05) is 0 Å². The summed E-state index contributed by atoms with van der Waals surface area (Å²) in [6.07, 6.45) is 0. The summed E-state index contributed by atoms with van der Waals surface area (Å²) < 4.78 is 7.70. The average Bonchev–Trinajstić information content (AvgIpc) is 1.41. The van der Waals surface area contributed by atoms with Gasteiger partial charge in [-0.15, -0.1) is 0 Å². The van der Waals surface area contributed by atoms with Crippen molar-refractivity contribution in [3.63, 3.8) is 0 Å². The molecule has 5 heterocycles. The van der Waals surface area contributed by atoms with Crippen molar-refractivity contribution in [2.24, 2.45) is 0 Å². The molecule has 436 valence electrons. The number of benzene rings is 10. The van der Waals surface area contributed by atoms with Crippen LogP contribution in [0.2, 0.25) is 0 Å². The lowest BCUT2D eigenvalue weighted by atomic mass is 9.35. The highest BCUT2D eigenvalue weighted by Crippen LogP contribution is 2.53. The minimum atomic E-state index is -3.13. The molecule has 0 fully saturated rings. The Morgan fingerprint density at radius 1 is 0.352 bits per heavy atom. The van der Waals surface area contributed by atoms with Gasteiger partial charge in [0.15, 0.2) is 8.07 Å². The number of nitrogens with zero attached hydrogens (tertiary/aromatic N) is 3. The number of para-hydroxylation sites is 3. The molecule has 0 saturated carbocycles. The molecule has 11 aromatic rings. The second-order valence-electron chi connectivity index (χ2n) is 30.6. The van der Waals surface area contributed by atoms with Crippen LogP contribution in [0.1, 0.15) is 132 Å². The Labute approximate surface area is 523 Å². The van der Waals surface area contributed by atoms with Gasteiger partial charge >= 0.3 is 0 Å². The SMILES string of the molecule is CC(C)(C)c1ccc(N2c3cc(-c4ccc(C(C)(C)C)cc4C(C)(C)C)cc4c3B(c3ccc5c(c32)-c2ccccc2[Si]52c3ccccc3N(c3ccccc3)c3ccccc32)c2oc3ccc(C(C)(C)C)cc3c2N4c2ccc(C(C)(C)C)cc2)cc1. The Kier molecular flexibility index (Phi) is 12.2. The van der Waals surface area contributed by atoms with Gasteiger partial charge in [0.05, 0.1) is 11.3 Å². The van der Waals surface area contributed by atoms with Gasteiger partial charge in [0.2, 0.25) is 0 Å². The number of fused-ring (bicyclic) bond motifs is 16. The number of rotatable bonds is 4. The maximum Gasteiger partial charge on any atom is 0.297 e. The van der Waals surface area contributed by atoms with Crippen LogP contribution in [0.4, 0.5) is 51.2 Å². The van der Waals surface area contributed by atoms with Crippen molar-refractivity contribution in [3.05, 3.63) is 240 Å². The summed E-state index contributed by atoms with van der Waals surface area (Å²) in [5, 5.41) is 6.77. The van der Waals surface area contributed by atoms with E-state index in [4.69, 9.17) is 4.42 Å². The van der Waals surface area contributed by atoms with Crippen LogP contribution >= 0.6 is 0 Å². The maximum atomic E-state index is 7.70. The monoisotopic (exact) mass is 1160 g/mol. The third-order valence-corrected chi connectivity index (χ3v) is 24.7. The number of hydrogen-bond acceptors (Lipinski definition) is 4. The van der Waals surface area contributed by atoms with E-state index >= 15 is 0 Å². The average molecular weight is 1160 g/mol. The first kappa shape index (κ1) is 56.0. The third-order valence-electron chi connectivity index (χ3n) is 19.8. The molecule has 0 saturated heterocycles. The highest BCUT2D eigenvalue weighted by molar-refractivity contribution is 7.24. The highest BCUT2D eigenvalue weighted by atomic mass is 28.3. The normalized spacial score (nSPS) is 14.8. The van der Waals surface area contributed by atoms with Crippen molar-refractivity contribution in [1.29, 1.82) is 0 Å². The van der Waals surface area contributed by atoms with Gasteiger partial charge in [-0.2, -0.15) is 0 Å². The van der Waals surface area contributed by atoms with Crippen LogP contribution in [0.15, 0.2) is 217 Å². The molecule has 0 aliphatic carbocycles. The molecule has 10 aromatic carbocycles. The first-order valence-electron chi connectivity index (χ1n) is 31.9. The summed E-state index contributed by atoms with van der Waals surface area (Å²) in [4.78, 5) is 7.81. The summed E-state index contributed by atoms with van der Waals surface area (Å²) in [5.41, 5.74) is 26.1. The number of hydrogen-bond donors (Lipinski definition) is 0. The standard InChI is InChI=1S/C82H80BN3OSi/c1-78(2,3)52-33-39-57(40-34-52)85-66-47-51(59-43-37-55(81(10,11)12)50-62(59)82(13,14)15)48-67-74(66)83(77-75(85)61-49-54(80(7,8)9)38-45-68(61)87-77)63-44-46-72-73(76(63)86(67)58-41-35-53(36-42-58)79(4,5)6)60-27-19-22-30-69(60)88(72)70-31-23-20-28-64(70)84(56-25-17-16-18-26-56)65-29-21-24-32-71(65)88/h16-50H,1-15H3. The summed E-state index contributed by atoms with van der Waals surface area (Å²) in [6, 6.07) is 82.7. The molecule has 6 heteroatoms. The van der Waals surface area contributed by atoms with E-state index in [9.17, 15) is 0 Å². The Morgan fingerprint density at radius 3 is 1.39 bits per heavy atom. The molecule has 88 heavy (non-hydrogen) atoms. The van der Waals surface area contributed by atoms with Crippen molar-refractivity contribution >= 4 is 114 Å².